The highest BCUT2D eigenvalue weighted by Gasteiger charge is 2.15. The van der Waals surface area contributed by atoms with Crippen LogP contribution in [0.3, 0.4) is 0 Å². The highest BCUT2D eigenvalue weighted by atomic mass is 35.5. The van der Waals surface area contributed by atoms with E-state index < -0.39 is 5.24 Å². The van der Waals surface area contributed by atoms with Crippen molar-refractivity contribution in [1.29, 1.82) is 0 Å². The molecule has 0 heterocycles. The van der Waals surface area contributed by atoms with E-state index in [4.69, 9.17) is 11.6 Å². The fourth-order valence-corrected chi connectivity index (χ4v) is 1.85. The Morgan fingerprint density at radius 3 is 2.36 bits per heavy atom. The van der Waals surface area contributed by atoms with E-state index in [-0.39, 0.29) is 18.7 Å². The van der Waals surface area contributed by atoms with Gasteiger partial charge in [0.05, 0.1) is 0 Å². The minimum Gasteiger partial charge on any atom is -0.353 e. The number of hydrogen-bond donors (Lipinski definition) is 1. The summed E-state index contributed by atoms with van der Waals surface area (Å²) in [5.74, 6) is -0.0501. The van der Waals surface area contributed by atoms with Crippen molar-refractivity contribution in [3.05, 3.63) is 0 Å². The SMILES string of the molecule is O=C(Cl)CCC(=O)NC1CCCCC1. The summed E-state index contributed by atoms with van der Waals surface area (Å²) in [5, 5.41) is 2.48. The fourth-order valence-electron chi connectivity index (χ4n) is 1.76. The Balaban J connectivity index is 2.15. The molecule has 0 unspecified atom stereocenters. The largest absolute Gasteiger partial charge is 0.353 e. The maximum absolute atomic E-state index is 11.3. The van der Waals surface area contributed by atoms with Gasteiger partial charge in [0.2, 0.25) is 11.1 Å². The molecule has 0 saturated heterocycles. The number of hydrogen-bond acceptors (Lipinski definition) is 2. The molecule has 14 heavy (non-hydrogen) atoms. The maximum atomic E-state index is 11.3. The summed E-state index contributed by atoms with van der Waals surface area (Å²) in [6.45, 7) is 0. The van der Waals surface area contributed by atoms with Crippen LogP contribution in [0.2, 0.25) is 0 Å². The molecule has 1 amide bonds. The number of amides is 1. The summed E-state index contributed by atoms with van der Waals surface area (Å²) in [7, 11) is 0. The maximum Gasteiger partial charge on any atom is 0.222 e. The topological polar surface area (TPSA) is 46.2 Å². The van der Waals surface area contributed by atoms with Gasteiger partial charge in [-0.2, -0.15) is 0 Å². The molecule has 1 fully saturated rings. The highest BCUT2D eigenvalue weighted by Crippen LogP contribution is 2.17. The summed E-state index contributed by atoms with van der Waals surface area (Å²) >= 11 is 5.15. The molecule has 3 nitrogen and oxygen atoms in total. The van der Waals surface area contributed by atoms with Gasteiger partial charge in [-0.05, 0) is 24.4 Å². The van der Waals surface area contributed by atoms with Crippen LogP contribution in [0.5, 0.6) is 0 Å². The molecule has 0 aromatic heterocycles. The van der Waals surface area contributed by atoms with Crippen LogP contribution in [0.25, 0.3) is 0 Å². The number of rotatable bonds is 4. The van der Waals surface area contributed by atoms with Gasteiger partial charge in [-0.3, -0.25) is 9.59 Å². The molecule has 0 aromatic rings. The predicted molar refractivity (Wildman–Crippen MR) is 55.1 cm³/mol. The van der Waals surface area contributed by atoms with Gasteiger partial charge in [0.15, 0.2) is 0 Å². The van der Waals surface area contributed by atoms with Crippen LogP contribution in [0.4, 0.5) is 0 Å². The predicted octanol–water partition coefficient (Wildman–Crippen LogP) is 1.98. The van der Waals surface area contributed by atoms with Crippen molar-refractivity contribution in [2.45, 2.75) is 51.0 Å². The summed E-state index contributed by atoms with van der Waals surface area (Å²) in [5.41, 5.74) is 0. The lowest BCUT2D eigenvalue weighted by molar-refractivity contribution is -0.124. The van der Waals surface area contributed by atoms with Gasteiger partial charge in [0, 0.05) is 18.9 Å². The van der Waals surface area contributed by atoms with E-state index in [0.29, 0.717) is 6.04 Å². The molecule has 4 heteroatoms. The highest BCUT2D eigenvalue weighted by molar-refractivity contribution is 6.63. The van der Waals surface area contributed by atoms with Crippen molar-refractivity contribution < 1.29 is 9.59 Å². The quantitative estimate of drug-likeness (QED) is 0.732. The number of nitrogens with one attached hydrogen (secondary N) is 1. The van der Waals surface area contributed by atoms with E-state index in [2.05, 4.69) is 5.32 Å². The third-order valence-electron chi connectivity index (χ3n) is 2.52. The fraction of sp³-hybridized carbons (Fsp3) is 0.800. The van der Waals surface area contributed by atoms with Crippen molar-refractivity contribution in [1.82, 2.24) is 5.32 Å². The normalized spacial score (nSPS) is 17.8. The lowest BCUT2D eigenvalue weighted by Gasteiger charge is -2.22. The van der Waals surface area contributed by atoms with Crippen LogP contribution in [0, 0.1) is 0 Å². The smallest absolute Gasteiger partial charge is 0.222 e. The van der Waals surface area contributed by atoms with Gasteiger partial charge in [-0.15, -0.1) is 0 Å². The molecule has 0 aliphatic heterocycles. The Kier molecular flexibility index (Phi) is 4.94. The van der Waals surface area contributed by atoms with Gasteiger partial charge in [0.1, 0.15) is 0 Å². The standard InChI is InChI=1S/C10H16ClNO2/c11-9(13)6-7-10(14)12-8-4-2-1-3-5-8/h8H,1-7H2,(H,12,14). The van der Waals surface area contributed by atoms with E-state index in [9.17, 15) is 9.59 Å². The first-order valence-electron chi connectivity index (χ1n) is 5.16. The Morgan fingerprint density at radius 2 is 1.79 bits per heavy atom. The molecular formula is C10H16ClNO2. The van der Waals surface area contributed by atoms with E-state index in [1.807, 2.05) is 0 Å². The van der Waals surface area contributed by atoms with Gasteiger partial charge in [-0.25, -0.2) is 0 Å². The van der Waals surface area contributed by atoms with Gasteiger partial charge in [-0.1, -0.05) is 19.3 Å². The zero-order valence-electron chi connectivity index (χ0n) is 8.22. The molecular weight excluding hydrogens is 202 g/mol. The van der Waals surface area contributed by atoms with Crippen LogP contribution in [0.15, 0.2) is 0 Å². The average Bonchev–Trinajstić information content (AvgIpc) is 2.16. The van der Waals surface area contributed by atoms with Crippen molar-refractivity contribution in [3.8, 4) is 0 Å². The Bertz CT molecular complexity index is 212. The zero-order valence-corrected chi connectivity index (χ0v) is 8.98. The number of halogens is 1. The van der Waals surface area contributed by atoms with Crippen LogP contribution < -0.4 is 5.32 Å². The molecule has 0 aromatic carbocycles. The molecule has 0 atom stereocenters. The van der Waals surface area contributed by atoms with Gasteiger partial charge >= 0.3 is 0 Å². The van der Waals surface area contributed by atoms with Crippen LogP contribution in [0.1, 0.15) is 44.9 Å². The van der Waals surface area contributed by atoms with E-state index in [1.54, 1.807) is 0 Å². The number of carbonyl (C=O) groups is 2. The first-order chi connectivity index (χ1) is 6.68. The number of carbonyl (C=O) groups excluding carboxylic acids is 2. The molecule has 0 bridgehead atoms. The second kappa shape index (κ2) is 6.02. The molecule has 1 rings (SSSR count). The van der Waals surface area contributed by atoms with E-state index >= 15 is 0 Å². The van der Waals surface area contributed by atoms with Crippen molar-refractivity contribution in [2.75, 3.05) is 0 Å². The average molecular weight is 218 g/mol. The molecule has 0 spiro atoms. The Labute approximate surface area is 89.2 Å². The van der Waals surface area contributed by atoms with Crippen LogP contribution in [-0.4, -0.2) is 17.2 Å². The molecule has 1 N–H and O–H groups in total. The zero-order chi connectivity index (χ0) is 10.4. The molecule has 1 aliphatic rings. The minimum absolute atomic E-state index is 0.0501. The van der Waals surface area contributed by atoms with Gasteiger partial charge in [0.25, 0.3) is 0 Å². The van der Waals surface area contributed by atoms with Crippen molar-refractivity contribution >= 4 is 22.8 Å². The Hall–Kier alpha value is -0.570. The summed E-state index contributed by atoms with van der Waals surface area (Å²) in [6, 6.07) is 0.321. The first kappa shape index (κ1) is 11.5. The van der Waals surface area contributed by atoms with Gasteiger partial charge < -0.3 is 5.32 Å². The molecule has 0 radical (unpaired) electrons. The van der Waals surface area contributed by atoms with E-state index in [1.165, 1.54) is 19.3 Å². The Morgan fingerprint density at radius 1 is 1.14 bits per heavy atom. The summed E-state index contributed by atoms with van der Waals surface area (Å²) in [6.07, 6.45) is 6.16. The summed E-state index contributed by atoms with van der Waals surface area (Å²) in [4.78, 5) is 21.7. The summed E-state index contributed by atoms with van der Waals surface area (Å²) < 4.78 is 0. The lowest BCUT2D eigenvalue weighted by atomic mass is 9.95. The molecule has 1 aliphatic carbocycles. The third kappa shape index (κ3) is 4.61. The minimum atomic E-state index is -0.441. The monoisotopic (exact) mass is 217 g/mol. The van der Waals surface area contributed by atoms with Crippen LogP contribution >= 0.6 is 11.6 Å². The third-order valence-corrected chi connectivity index (χ3v) is 2.71. The van der Waals surface area contributed by atoms with E-state index in [0.717, 1.165) is 12.8 Å². The van der Waals surface area contributed by atoms with Crippen molar-refractivity contribution in [3.63, 3.8) is 0 Å². The lowest BCUT2D eigenvalue weighted by Crippen LogP contribution is -2.36. The first-order valence-corrected chi connectivity index (χ1v) is 5.54. The van der Waals surface area contributed by atoms with Crippen LogP contribution in [-0.2, 0) is 9.59 Å². The molecule has 80 valence electrons. The second-order valence-corrected chi connectivity index (χ2v) is 4.18. The molecule has 1 saturated carbocycles. The second-order valence-electron chi connectivity index (χ2n) is 3.76. The van der Waals surface area contributed by atoms with Crippen molar-refractivity contribution in [2.24, 2.45) is 0 Å².